The van der Waals surface area contributed by atoms with Gasteiger partial charge in [0.2, 0.25) is 5.89 Å². The van der Waals surface area contributed by atoms with Crippen molar-refractivity contribution in [2.24, 2.45) is 0 Å². The largest absolute Gasteiger partial charge is 0.444 e. The molecule has 1 atom stereocenters. The Morgan fingerprint density at radius 1 is 1.48 bits per heavy atom. The van der Waals surface area contributed by atoms with Gasteiger partial charge in [0.1, 0.15) is 6.26 Å². The number of carbonyl (C=O) groups excluding carboxylic acids is 1. The highest BCUT2D eigenvalue weighted by Crippen LogP contribution is 2.27. The normalized spacial score (nSPS) is 17.5. The van der Waals surface area contributed by atoms with Crippen LogP contribution in [-0.4, -0.2) is 40.2 Å². The van der Waals surface area contributed by atoms with Crippen LogP contribution in [0.5, 0.6) is 0 Å². The number of anilines is 1. The smallest absolute Gasteiger partial charge is 0.322 e. The first-order valence-corrected chi connectivity index (χ1v) is 7.80. The number of urea groups is 1. The summed E-state index contributed by atoms with van der Waals surface area (Å²) < 4.78 is 5.46. The minimum atomic E-state index is -0.181. The molecule has 1 fully saturated rings. The number of aromatic nitrogens is 1. The Morgan fingerprint density at radius 3 is 3.00 bits per heavy atom. The van der Waals surface area contributed by atoms with E-state index in [0.717, 1.165) is 29.7 Å². The minimum absolute atomic E-state index is 0.00214. The van der Waals surface area contributed by atoms with Gasteiger partial charge in [0.25, 0.3) is 0 Å². The van der Waals surface area contributed by atoms with Crippen molar-refractivity contribution in [3.05, 3.63) is 35.7 Å². The molecule has 1 aliphatic rings. The maximum atomic E-state index is 12.4. The molecule has 2 aromatic rings. The van der Waals surface area contributed by atoms with Gasteiger partial charge >= 0.3 is 6.03 Å². The summed E-state index contributed by atoms with van der Waals surface area (Å²) in [5.74, 6) is 0.547. The summed E-state index contributed by atoms with van der Waals surface area (Å²) in [5, 5.41) is 12.2. The van der Waals surface area contributed by atoms with Crippen LogP contribution in [0, 0.1) is 13.8 Å². The Kier molecular flexibility index (Phi) is 4.34. The summed E-state index contributed by atoms with van der Waals surface area (Å²) in [6.45, 7) is 4.52. The number of benzene rings is 1. The Morgan fingerprint density at radius 2 is 2.30 bits per heavy atom. The van der Waals surface area contributed by atoms with Gasteiger partial charge in [-0.2, -0.15) is 0 Å². The lowest BCUT2D eigenvalue weighted by molar-refractivity contribution is 0.166. The number of oxazole rings is 1. The van der Waals surface area contributed by atoms with Gasteiger partial charge in [0.15, 0.2) is 0 Å². The zero-order chi connectivity index (χ0) is 16.4. The third kappa shape index (κ3) is 3.22. The molecule has 1 unspecified atom stereocenters. The zero-order valence-corrected chi connectivity index (χ0v) is 13.4. The predicted molar refractivity (Wildman–Crippen MR) is 87.2 cm³/mol. The van der Waals surface area contributed by atoms with E-state index in [1.165, 1.54) is 0 Å². The molecule has 0 saturated carbocycles. The maximum absolute atomic E-state index is 12.4. The van der Waals surface area contributed by atoms with Gasteiger partial charge in [0, 0.05) is 17.8 Å². The van der Waals surface area contributed by atoms with Crippen LogP contribution in [0.1, 0.15) is 24.1 Å². The lowest BCUT2D eigenvalue weighted by Crippen LogP contribution is -2.40. The van der Waals surface area contributed by atoms with E-state index in [4.69, 9.17) is 4.42 Å². The molecule has 23 heavy (non-hydrogen) atoms. The number of aliphatic hydroxyl groups excluding tert-OH is 1. The third-order valence-corrected chi connectivity index (χ3v) is 4.19. The van der Waals surface area contributed by atoms with Crippen molar-refractivity contribution >= 4 is 11.7 Å². The number of aliphatic hydroxyl groups is 1. The SMILES string of the molecule is Cc1coc(-c2cc(NC(=O)N3CCCC3CO)ccc2C)n1. The second-order valence-electron chi connectivity index (χ2n) is 5.93. The second kappa shape index (κ2) is 6.42. The summed E-state index contributed by atoms with van der Waals surface area (Å²) >= 11 is 0. The van der Waals surface area contributed by atoms with E-state index in [-0.39, 0.29) is 18.7 Å². The molecule has 2 amide bonds. The van der Waals surface area contributed by atoms with Crippen molar-refractivity contribution in [1.82, 2.24) is 9.88 Å². The first-order chi connectivity index (χ1) is 11.1. The fourth-order valence-electron chi connectivity index (χ4n) is 2.90. The number of nitrogens with zero attached hydrogens (tertiary/aromatic N) is 2. The van der Waals surface area contributed by atoms with E-state index >= 15 is 0 Å². The first kappa shape index (κ1) is 15.6. The topological polar surface area (TPSA) is 78.6 Å². The highest BCUT2D eigenvalue weighted by atomic mass is 16.3. The Labute approximate surface area is 135 Å². The van der Waals surface area contributed by atoms with Gasteiger partial charge in [-0.3, -0.25) is 0 Å². The highest BCUT2D eigenvalue weighted by Gasteiger charge is 2.28. The maximum Gasteiger partial charge on any atom is 0.322 e. The third-order valence-electron chi connectivity index (χ3n) is 4.19. The average Bonchev–Trinajstić information content (AvgIpc) is 3.17. The predicted octanol–water partition coefficient (Wildman–Crippen LogP) is 2.95. The van der Waals surface area contributed by atoms with Crippen LogP contribution in [0.2, 0.25) is 0 Å². The Hall–Kier alpha value is -2.34. The molecule has 122 valence electrons. The van der Waals surface area contributed by atoms with Gasteiger partial charge in [-0.1, -0.05) is 6.07 Å². The first-order valence-electron chi connectivity index (χ1n) is 7.80. The molecule has 6 heteroatoms. The van der Waals surface area contributed by atoms with Crippen molar-refractivity contribution in [2.75, 3.05) is 18.5 Å². The highest BCUT2D eigenvalue weighted by molar-refractivity contribution is 5.90. The van der Waals surface area contributed by atoms with Crippen molar-refractivity contribution in [3.8, 4) is 11.5 Å². The van der Waals surface area contributed by atoms with E-state index in [2.05, 4.69) is 10.3 Å². The van der Waals surface area contributed by atoms with Crippen LogP contribution < -0.4 is 5.32 Å². The van der Waals surface area contributed by atoms with Gasteiger partial charge in [-0.05, 0) is 44.4 Å². The van der Waals surface area contributed by atoms with Crippen LogP contribution in [-0.2, 0) is 0 Å². The number of hydrogen-bond acceptors (Lipinski definition) is 4. The summed E-state index contributed by atoms with van der Waals surface area (Å²) in [6, 6.07) is 5.38. The van der Waals surface area contributed by atoms with Crippen LogP contribution in [0.15, 0.2) is 28.9 Å². The van der Waals surface area contributed by atoms with Gasteiger partial charge in [-0.15, -0.1) is 0 Å². The Bertz CT molecular complexity index is 711. The van der Waals surface area contributed by atoms with Crippen molar-refractivity contribution in [1.29, 1.82) is 0 Å². The van der Waals surface area contributed by atoms with E-state index in [1.54, 1.807) is 11.2 Å². The fourth-order valence-corrected chi connectivity index (χ4v) is 2.90. The van der Waals surface area contributed by atoms with Gasteiger partial charge in [0.05, 0.1) is 18.3 Å². The molecule has 0 spiro atoms. The Balaban J connectivity index is 1.80. The standard InChI is InChI=1S/C17H21N3O3/c1-11-5-6-13(8-15(11)16-18-12(2)10-23-16)19-17(22)20-7-3-4-14(20)9-21/h5-6,8,10,14,21H,3-4,7,9H2,1-2H3,(H,19,22). The molecule has 1 saturated heterocycles. The number of hydrogen-bond donors (Lipinski definition) is 2. The number of nitrogens with one attached hydrogen (secondary N) is 1. The van der Waals surface area contributed by atoms with Crippen molar-refractivity contribution in [3.63, 3.8) is 0 Å². The van der Waals surface area contributed by atoms with Crippen LogP contribution in [0.25, 0.3) is 11.5 Å². The van der Waals surface area contributed by atoms with Gasteiger partial charge in [-0.25, -0.2) is 9.78 Å². The molecular formula is C17H21N3O3. The number of amides is 2. The van der Waals surface area contributed by atoms with Crippen molar-refractivity contribution in [2.45, 2.75) is 32.7 Å². The van der Waals surface area contributed by atoms with Crippen LogP contribution in [0.3, 0.4) is 0 Å². The minimum Gasteiger partial charge on any atom is -0.444 e. The molecule has 3 rings (SSSR count). The quantitative estimate of drug-likeness (QED) is 0.913. The molecule has 6 nitrogen and oxygen atoms in total. The van der Waals surface area contributed by atoms with E-state index in [9.17, 15) is 9.90 Å². The number of likely N-dealkylation sites (tertiary alicyclic amines) is 1. The molecule has 1 aromatic carbocycles. The molecule has 1 aliphatic heterocycles. The van der Waals surface area contributed by atoms with E-state index in [0.29, 0.717) is 18.1 Å². The number of carbonyl (C=O) groups is 1. The molecule has 2 heterocycles. The van der Waals surface area contributed by atoms with Gasteiger partial charge < -0.3 is 19.7 Å². The summed E-state index contributed by atoms with van der Waals surface area (Å²) in [6.07, 6.45) is 3.38. The molecule has 0 bridgehead atoms. The number of rotatable bonds is 3. The average molecular weight is 315 g/mol. The van der Waals surface area contributed by atoms with E-state index < -0.39 is 0 Å². The fraction of sp³-hybridized carbons (Fsp3) is 0.412. The van der Waals surface area contributed by atoms with Crippen LogP contribution in [0.4, 0.5) is 10.5 Å². The molecule has 0 aliphatic carbocycles. The molecular weight excluding hydrogens is 294 g/mol. The lowest BCUT2D eigenvalue weighted by atomic mass is 10.1. The monoisotopic (exact) mass is 315 g/mol. The molecule has 1 aromatic heterocycles. The molecule has 2 N–H and O–H groups in total. The van der Waals surface area contributed by atoms with Crippen molar-refractivity contribution < 1.29 is 14.3 Å². The second-order valence-corrected chi connectivity index (χ2v) is 5.93. The lowest BCUT2D eigenvalue weighted by Gasteiger charge is -2.23. The number of aryl methyl sites for hydroxylation is 2. The summed E-state index contributed by atoms with van der Waals surface area (Å²) in [5.41, 5.74) is 3.39. The summed E-state index contributed by atoms with van der Waals surface area (Å²) in [4.78, 5) is 18.4. The molecule has 0 radical (unpaired) electrons. The van der Waals surface area contributed by atoms with Crippen LogP contribution >= 0.6 is 0 Å². The zero-order valence-electron chi connectivity index (χ0n) is 13.4. The summed E-state index contributed by atoms with van der Waals surface area (Å²) in [7, 11) is 0. The van der Waals surface area contributed by atoms with E-state index in [1.807, 2.05) is 32.0 Å².